The summed E-state index contributed by atoms with van der Waals surface area (Å²) < 4.78 is 1.40. The lowest BCUT2D eigenvalue weighted by molar-refractivity contribution is -0.137. The monoisotopic (exact) mass is 395 g/mol. The van der Waals surface area contributed by atoms with Crippen LogP contribution in [0.4, 0.5) is 5.69 Å². The quantitative estimate of drug-likeness (QED) is 0.640. The normalized spacial score (nSPS) is 18.3. The van der Waals surface area contributed by atoms with E-state index in [1.807, 2.05) is 0 Å². The summed E-state index contributed by atoms with van der Waals surface area (Å²) in [5.41, 5.74) is 4.95. The van der Waals surface area contributed by atoms with E-state index in [0.717, 1.165) is 0 Å². The van der Waals surface area contributed by atoms with Crippen LogP contribution in [0.15, 0.2) is 30.5 Å². The molecule has 0 unspecified atom stereocenters. The molecule has 1 aliphatic heterocycles. The molecule has 3 rings (SSSR count). The van der Waals surface area contributed by atoms with Crippen molar-refractivity contribution < 1.29 is 19.5 Å². The van der Waals surface area contributed by atoms with E-state index in [1.165, 1.54) is 15.8 Å². The van der Waals surface area contributed by atoms with Gasteiger partial charge in [0.05, 0.1) is 17.6 Å². The van der Waals surface area contributed by atoms with Crippen LogP contribution in [0.3, 0.4) is 0 Å². The molecule has 9 nitrogen and oxygen atoms in total. The molecule has 1 fully saturated rings. The molecule has 2 heterocycles. The number of aromatic nitrogens is 2. The van der Waals surface area contributed by atoms with Gasteiger partial charge in [0, 0.05) is 32.0 Å². The van der Waals surface area contributed by atoms with Gasteiger partial charge in [-0.2, -0.15) is 5.10 Å². The first-order valence-corrected chi connectivity index (χ1v) is 9.04. The van der Waals surface area contributed by atoms with E-state index in [2.05, 4.69) is 22.3 Å². The summed E-state index contributed by atoms with van der Waals surface area (Å²) in [5.74, 6) is 4.02. The largest absolute Gasteiger partial charge is 0.369 e. The summed E-state index contributed by atoms with van der Waals surface area (Å²) in [6, 6.07) is 6.86. The Morgan fingerprint density at radius 2 is 2.17 bits per heavy atom. The number of anilines is 1. The number of carbonyl (C=O) groups excluding carboxylic acids is 3. The molecule has 0 saturated carbocycles. The highest BCUT2D eigenvalue weighted by Gasteiger charge is 2.42. The summed E-state index contributed by atoms with van der Waals surface area (Å²) in [4.78, 5) is 36.8. The Bertz CT molecular complexity index is 1050. The average molecular weight is 395 g/mol. The van der Waals surface area contributed by atoms with Gasteiger partial charge in [-0.05, 0) is 18.2 Å². The maximum absolute atomic E-state index is 12.0. The number of amides is 3. The lowest BCUT2D eigenvalue weighted by Gasteiger charge is -2.13. The molecular formula is C20H21N5O4. The van der Waals surface area contributed by atoms with Crippen LogP contribution in [-0.2, 0) is 9.59 Å². The second-order valence-corrected chi connectivity index (χ2v) is 6.74. The predicted molar refractivity (Wildman–Crippen MR) is 105 cm³/mol. The summed E-state index contributed by atoms with van der Waals surface area (Å²) in [6.45, 7) is 2.13. The van der Waals surface area contributed by atoms with Gasteiger partial charge in [-0.3, -0.25) is 14.4 Å². The average Bonchev–Trinajstić information content (AvgIpc) is 3.24. The van der Waals surface area contributed by atoms with Crippen LogP contribution in [-0.4, -0.2) is 56.7 Å². The maximum Gasteiger partial charge on any atom is 0.271 e. The van der Waals surface area contributed by atoms with Crippen LogP contribution >= 0.6 is 0 Å². The van der Waals surface area contributed by atoms with E-state index >= 15 is 0 Å². The van der Waals surface area contributed by atoms with Gasteiger partial charge in [0.15, 0.2) is 5.69 Å². The number of hydrogen-bond acceptors (Lipinski definition) is 5. The molecule has 1 atom stereocenters. The summed E-state index contributed by atoms with van der Waals surface area (Å²) in [5, 5.41) is 17.2. The van der Waals surface area contributed by atoms with Crippen LogP contribution in [0.2, 0.25) is 0 Å². The molecule has 4 N–H and O–H groups in total. The molecule has 0 bridgehead atoms. The van der Waals surface area contributed by atoms with Crippen molar-refractivity contribution >= 4 is 23.4 Å². The molecule has 1 aromatic carbocycles. The first-order chi connectivity index (χ1) is 13.7. The number of rotatable bonds is 4. The third-order valence-electron chi connectivity index (χ3n) is 4.58. The molecule has 0 spiro atoms. The Morgan fingerprint density at radius 3 is 2.79 bits per heavy atom. The van der Waals surface area contributed by atoms with Crippen molar-refractivity contribution in [1.29, 1.82) is 0 Å². The Morgan fingerprint density at radius 1 is 1.41 bits per heavy atom. The van der Waals surface area contributed by atoms with Gasteiger partial charge in [-0.1, -0.05) is 24.8 Å². The number of likely N-dealkylation sites (N-methyl/N-ethyl adjacent to an activating group) is 1. The number of likely N-dealkylation sites (tertiary alicyclic amines) is 1. The van der Waals surface area contributed by atoms with Gasteiger partial charge >= 0.3 is 0 Å². The Balaban J connectivity index is 1.92. The molecule has 0 radical (unpaired) electrons. The van der Waals surface area contributed by atoms with E-state index in [0.29, 0.717) is 17.8 Å². The zero-order chi connectivity index (χ0) is 21.2. The highest BCUT2D eigenvalue weighted by Crippen LogP contribution is 2.21. The molecular weight excluding hydrogens is 374 g/mol. The highest BCUT2D eigenvalue weighted by atomic mass is 16.3. The number of nitrogens with one attached hydrogen (secondary N) is 1. The van der Waals surface area contributed by atoms with Gasteiger partial charge in [-0.15, -0.1) is 0 Å². The minimum atomic E-state index is -1.69. The van der Waals surface area contributed by atoms with Crippen molar-refractivity contribution in [2.75, 3.05) is 18.9 Å². The fourth-order valence-electron chi connectivity index (χ4n) is 2.89. The fourth-order valence-corrected chi connectivity index (χ4v) is 2.89. The first kappa shape index (κ1) is 20.1. The molecule has 3 amide bonds. The van der Waals surface area contributed by atoms with Crippen LogP contribution in [0.1, 0.15) is 35.8 Å². The molecule has 1 saturated heterocycles. The summed E-state index contributed by atoms with van der Waals surface area (Å²) >= 11 is 0. The lowest BCUT2D eigenvalue weighted by Crippen LogP contribution is -2.37. The minimum Gasteiger partial charge on any atom is -0.369 e. The summed E-state index contributed by atoms with van der Waals surface area (Å²) in [6.07, 6.45) is 1.98. The zero-order valence-electron chi connectivity index (χ0n) is 16.1. The highest BCUT2D eigenvalue weighted by molar-refractivity contribution is 6.01. The van der Waals surface area contributed by atoms with Crippen molar-refractivity contribution in [1.82, 2.24) is 14.7 Å². The molecule has 29 heavy (non-hydrogen) atoms. The standard InChI is InChI=1S/C20H21N5O4/c1-3-16(26)22-15-12-25(23-17(15)18(21)27)14-6-4-5-13(11-14)7-8-20(29)9-10-24(2)19(20)28/h4-6,11-12,29H,3,9-10H2,1-2H3,(H2,21,27)(H,22,26)/t20-/m0/s1. The van der Waals surface area contributed by atoms with Gasteiger partial charge in [0.25, 0.3) is 11.8 Å². The van der Waals surface area contributed by atoms with E-state index in [4.69, 9.17) is 5.73 Å². The minimum absolute atomic E-state index is 0.0582. The number of benzene rings is 1. The predicted octanol–water partition coefficient (Wildman–Crippen LogP) is 0.264. The number of nitrogens with zero attached hydrogens (tertiary/aromatic N) is 3. The third-order valence-corrected chi connectivity index (χ3v) is 4.58. The van der Waals surface area contributed by atoms with Crippen molar-refractivity contribution in [3.8, 4) is 17.5 Å². The van der Waals surface area contributed by atoms with Crippen molar-refractivity contribution in [3.05, 3.63) is 41.7 Å². The topological polar surface area (TPSA) is 131 Å². The van der Waals surface area contributed by atoms with Crippen LogP contribution < -0.4 is 11.1 Å². The van der Waals surface area contributed by atoms with Crippen LogP contribution in [0, 0.1) is 11.8 Å². The zero-order valence-corrected chi connectivity index (χ0v) is 16.1. The number of primary amides is 1. The fraction of sp³-hybridized carbons (Fsp3) is 0.300. The van der Waals surface area contributed by atoms with Gasteiger partial charge in [0.1, 0.15) is 0 Å². The first-order valence-electron chi connectivity index (χ1n) is 9.04. The van der Waals surface area contributed by atoms with E-state index in [9.17, 15) is 19.5 Å². The SMILES string of the molecule is CCC(=O)Nc1cn(-c2cccc(C#C[C@]3(O)CCN(C)C3=O)c2)nc1C(N)=O. The second-order valence-electron chi connectivity index (χ2n) is 6.74. The van der Waals surface area contributed by atoms with Gasteiger partial charge in [0.2, 0.25) is 11.5 Å². The number of aliphatic hydroxyl groups is 1. The number of nitrogens with two attached hydrogens (primary N) is 1. The van der Waals surface area contributed by atoms with Crippen molar-refractivity contribution in [2.24, 2.45) is 5.73 Å². The Kier molecular flexibility index (Phi) is 5.39. The molecule has 2 aromatic rings. The molecule has 0 aliphatic carbocycles. The Hall–Kier alpha value is -3.64. The van der Waals surface area contributed by atoms with Crippen molar-refractivity contribution in [2.45, 2.75) is 25.4 Å². The molecule has 1 aliphatic rings. The molecule has 150 valence electrons. The van der Waals surface area contributed by atoms with Gasteiger partial charge < -0.3 is 21.1 Å². The summed E-state index contributed by atoms with van der Waals surface area (Å²) in [7, 11) is 1.62. The smallest absolute Gasteiger partial charge is 0.271 e. The molecule has 9 heteroatoms. The molecule has 1 aromatic heterocycles. The number of carbonyl (C=O) groups is 3. The van der Waals surface area contributed by atoms with E-state index in [1.54, 1.807) is 38.2 Å². The lowest BCUT2D eigenvalue weighted by atomic mass is 10.0. The maximum atomic E-state index is 12.0. The Labute approximate surface area is 167 Å². The number of hydrogen-bond donors (Lipinski definition) is 3. The van der Waals surface area contributed by atoms with Crippen molar-refractivity contribution in [3.63, 3.8) is 0 Å². The second kappa shape index (κ2) is 7.77. The third kappa shape index (κ3) is 4.12. The van der Waals surface area contributed by atoms with Gasteiger partial charge in [-0.25, -0.2) is 4.68 Å². The van der Waals surface area contributed by atoms with E-state index in [-0.39, 0.29) is 30.1 Å². The van der Waals surface area contributed by atoms with Crippen LogP contribution in [0.5, 0.6) is 0 Å². The van der Waals surface area contributed by atoms with Crippen LogP contribution in [0.25, 0.3) is 5.69 Å². The van der Waals surface area contributed by atoms with E-state index < -0.39 is 17.4 Å².